The van der Waals surface area contributed by atoms with Gasteiger partial charge in [0.05, 0.1) is 26.1 Å². The van der Waals surface area contributed by atoms with Gasteiger partial charge in [-0.3, -0.25) is 4.79 Å². The van der Waals surface area contributed by atoms with E-state index in [-0.39, 0.29) is 5.97 Å². The lowest BCUT2D eigenvalue weighted by atomic mass is 10.1. The molecule has 0 spiro atoms. The topological polar surface area (TPSA) is 42.9 Å². The van der Waals surface area contributed by atoms with E-state index in [1.54, 1.807) is 0 Å². The minimum absolute atomic E-state index is 0.136. The number of nitrogens with two attached hydrogens (primary N) is 1. The minimum atomic E-state index is -0.136. The third-order valence-corrected chi connectivity index (χ3v) is 2.55. The predicted octanol–water partition coefficient (Wildman–Crippen LogP) is 0.744. The van der Waals surface area contributed by atoms with Crippen LogP contribution in [-0.4, -0.2) is 25.7 Å². The van der Waals surface area contributed by atoms with E-state index in [1.807, 2.05) is 6.07 Å². The van der Waals surface area contributed by atoms with Gasteiger partial charge >= 0.3 is 5.97 Å². The maximum atomic E-state index is 10.9. The van der Waals surface area contributed by atoms with Gasteiger partial charge in [0.25, 0.3) is 0 Å². The first kappa shape index (κ1) is 12.7. The van der Waals surface area contributed by atoms with Crippen LogP contribution in [0.2, 0.25) is 0 Å². The lowest BCUT2D eigenvalue weighted by molar-refractivity contribution is -0.684. The summed E-state index contributed by atoms with van der Waals surface area (Å²) in [5, 5.41) is 2.18. The zero-order valence-corrected chi connectivity index (χ0v) is 9.98. The molecule has 3 nitrogen and oxygen atoms in total. The molecule has 0 unspecified atom stereocenters. The Labute approximate surface area is 96.8 Å². The molecule has 0 saturated heterocycles. The summed E-state index contributed by atoms with van der Waals surface area (Å²) in [6, 6.07) is 10.9. The van der Waals surface area contributed by atoms with Crippen LogP contribution in [0.3, 0.4) is 0 Å². The van der Waals surface area contributed by atoms with Gasteiger partial charge < -0.3 is 10.1 Å². The van der Waals surface area contributed by atoms with Gasteiger partial charge in [0.2, 0.25) is 0 Å². The van der Waals surface area contributed by atoms with Crippen molar-refractivity contribution in [3.8, 4) is 0 Å². The highest BCUT2D eigenvalue weighted by Gasteiger charge is 2.07. The third-order valence-electron chi connectivity index (χ3n) is 2.55. The summed E-state index contributed by atoms with van der Waals surface area (Å²) in [6.45, 7) is 2.96. The maximum Gasteiger partial charge on any atom is 0.311 e. The summed E-state index contributed by atoms with van der Waals surface area (Å²) in [4.78, 5) is 10.9. The fourth-order valence-corrected chi connectivity index (χ4v) is 1.66. The van der Waals surface area contributed by atoms with Crippen molar-refractivity contribution in [2.45, 2.75) is 25.8 Å². The first-order valence-corrected chi connectivity index (χ1v) is 5.66. The summed E-state index contributed by atoms with van der Waals surface area (Å²) >= 11 is 0. The average Bonchev–Trinajstić information content (AvgIpc) is 2.30. The SMILES string of the molecule is COC(=O)CC[NH2+][C@H](C)Cc1ccccc1. The fraction of sp³-hybridized carbons (Fsp3) is 0.462. The Morgan fingerprint density at radius 3 is 2.69 bits per heavy atom. The van der Waals surface area contributed by atoms with Crippen molar-refractivity contribution in [3.63, 3.8) is 0 Å². The van der Waals surface area contributed by atoms with Crippen molar-refractivity contribution >= 4 is 5.97 Å². The van der Waals surface area contributed by atoms with Gasteiger partial charge in [0, 0.05) is 6.42 Å². The average molecular weight is 222 g/mol. The van der Waals surface area contributed by atoms with Gasteiger partial charge in [-0.1, -0.05) is 30.3 Å². The van der Waals surface area contributed by atoms with E-state index in [0.29, 0.717) is 12.5 Å². The second-order valence-corrected chi connectivity index (χ2v) is 4.02. The van der Waals surface area contributed by atoms with Crippen LogP contribution < -0.4 is 5.32 Å². The van der Waals surface area contributed by atoms with E-state index >= 15 is 0 Å². The van der Waals surface area contributed by atoms with Gasteiger partial charge in [0.1, 0.15) is 0 Å². The lowest BCUT2D eigenvalue weighted by Gasteiger charge is -2.10. The highest BCUT2D eigenvalue weighted by Crippen LogP contribution is 2.00. The number of carbonyl (C=O) groups excluding carboxylic acids is 1. The standard InChI is InChI=1S/C13H19NO2/c1-11(14-9-8-13(15)16-2)10-12-6-4-3-5-7-12/h3-7,11,14H,8-10H2,1-2H3/p+1/t11-/m1/s1. The van der Waals surface area contributed by atoms with Crippen LogP contribution in [0.1, 0.15) is 18.9 Å². The van der Waals surface area contributed by atoms with Gasteiger partial charge in [0.15, 0.2) is 0 Å². The van der Waals surface area contributed by atoms with Gasteiger partial charge in [-0.25, -0.2) is 0 Å². The molecule has 0 bridgehead atoms. The number of hydrogen-bond acceptors (Lipinski definition) is 2. The molecule has 1 atom stereocenters. The molecule has 0 aliphatic carbocycles. The summed E-state index contributed by atoms with van der Waals surface area (Å²) in [6.07, 6.45) is 1.51. The van der Waals surface area contributed by atoms with Crippen molar-refractivity contribution < 1.29 is 14.8 Å². The molecular weight excluding hydrogens is 202 g/mol. The summed E-state index contributed by atoms with van der Waals surface area (Å²) < 4.78 is 4.59. The number of rotatable bonds is 6. The zero-order chi connectivity index (χ0) is 11.8. The normalized spacial score (nSPS) is 12.1. The van der Waals surface area contributed by atoms with Gasteiger partial charge in [-0.2, -0.15) is 0 Å². The molecule has 0 aliphatic heterocycles. The second kappa shape index (κ2) is 7.01. The fourth-order valence-electron chi connectivity index (χ4n) is 1.66. The molecule has 1 aromatic carbocycles. The molecule has 3 heteroatoms. The Morgan fingerprint density at radius 1 is 1.38 bits per heavy atom. The zero-order valence-electron chi connectivity index (χ0n) is 9.98. The van der Waals surface area contributed by atoms with Crippen LogP contribution in [0.4, 0.5) is 0 Å². The van der Waals surface area contributed by atoms with Crippen LogP contribution in [0.5, 0.6) is 0 Å². The predicted molar refractivity (Wildman–Crippen MR) is 63.0 cm³/mol. The van der Waals surface area contributed by atoms with Crippen molar-refractivity contribution in [2.24, 2.45) is 0 Å². The van der Waals surface area contributed by atoms with Crippen molar-refractivity contribution in [1.82, 2.24) is 0 Å². The van der Waals surface area contributed by atoms with Gasteiger partial charge in [-0.15, -0.1) is 0 Å². The quantitative estimate of drug-likeness (QED) is 0.722. The van der Waals surface area contributed by atoms with Crippen molar-refractivity contribution in [3.05, 3.63) is 35.9 Å². The van der Waals surface area contributed by atoms with Crippen LogP contribution in [0.15, 0.2) is 30.3 Å². The van der Waals surface area contributed by atoms with Crippen molar-refractivity contribution in [2.75, 3.05) is 13.7 Å². The third kappa shape index (κ3) is 4.94. The Balaban J connectivity index is 2.21. The Bertz CT molecular complexity index is 311. The number of hydrogen-bond donors (Lipinski definition) is 1. The molecule has 0 radical (unpaired) electrons. The van der Waals surface area contributed by atoms with E-state index in [0.717, 1.165) is 13.0 Å². The number of carbonyl (C=O) groups is 1. The van der Waals surface area contributed by atoms with Gasteiger partial charge in [-0.05, 0) is 12.5 Å². The molecule has 1 aromatic rings. The monoisotopic (exact) mass is 222 g/mol. The molecule has 16 heavy (non-hydrogen) atoms. The van der Waals surface area contributed by atoms with Crippen LogP contribution in [0.25, 0.3) is 0 Å². The number of ether oxygens (including phenoxy) is 1. The van der Waals surface area contributed by atoms with E-state index in [2.05, 4.69) is 41.2 Å². The van der Waals surface area contributed by atoms with Crippen molar-refractivity contribution in [1.29, 1.82) is 0 Å². The molecule has 1 rings (SSSR count). The highest BCUT2D eigenvalue weighted by molar-refractivity contribution is 5.69. The summed E-state index contributed by atoms with van der Waals surface area (Å²) in [7, 11) is 1.43. The first-order valence-electron chi connectivity index (χ1n) is 5.66. The molecule has 0 fully saturated rings. The van der Waals surface area contributed by atoms with E-state index in [4.69, 9.17) is 0 Å². The Morgan fingerprint density at radius 2 is 2.06 bits per heavy atom. The van der Waals surface area contributed by atoms with E-state index in [9.17, 15) is 4.79 Å². The van der Waals surface area contributed by atoms with Crippen LogP contribution >= 0.6 is 0 Å². The molecule has 0 saturated carbocycles. The lowest BCUT2D eigenvalue weighted by Crippen LogP contribution is -2.90. The smallest absolute Gasteiger partial charge is 0.311 e. The minimum Gasteiger partial charge on any atom is -0.469 e. The molecule has 0 heterocycles. The molecule has 0 aromatic heterocycles. The molecule has 2 N–H and O–H groups in total. The molecule has 0 aliphatic rings. The summed E-state index contributed by atoms with van der Waals surface area (Å²) in [5.74, 6) is -0.136. The van der Waals surface area contributed by atoms with E-state index < -0.39 is 0 Å². The Hall–Kier alpha value is -1.35. The molecular formula is C13H20NO2+. The first-order chi connectivity index (χ1) is 7.72. The van der Waals surface area contributed by atoms with Crippen LogP contribution in [0, 0.1) is 0 Å². The number of methoxy groups -OCH3 is 1. The maximum absolute atomic E-state index is 10.9. The van der Waals surface area contributed by atoms with Crippen LogP contribution in [-0.2, 0) is 16.0 Å². The molecule has 88 valence electrons. The largest absolute Gasteiger partial charge is 0.469 e. The highest BCUT2D eigenvalue weighted by atomic mass is 16.5. The molecule has 0 amide bonds. The Kier molecular flexibility index (Phi) is 5.57. The van der Waals surface area contributed by atoms with E-state index in [1.165, 1.54) is 12.7 Å². The number of quaternary nitrogens is 1. The second-order valence-electron chi connectivity index (χ2n) is 4.02. The number of esters is 1. The number of benzene rings is 1. The summed E-state index contributed by atoms with van der Waals surface area (Å²) in [5.41, 5.74) is 1.34.